The van der Waals surface area contributed by atoms with Gasteiger partial charge in [-0.05, 0) is 19.1 Å². The number of carbonyl (C=O) groups excluding carboxylic acids is 1. The van der Waals surface area contributed by atoms with Gasteiger partial charge in [0.25, 0.3) is 0 Å². The van der Waals surface area contributed by atoms with Crippen LogP contribution < -0.4 is 10.6 Å². The van der Waals surface area contributed by atoms with Gasteiger partial charge in [-0.2, -0.15) is 26.3 Å². The zero-order valence-electron chi connectivity index (χ0n) is 12.0. The predicted octanol–water partition coefficient (Wildman–Crippen LogP) is 4.27. The molecule has 0 bridgehead atoms. The number of alkyl halides is 6. The van der Waals surface area contributed by atoms with E-state index in [0.29, 0.717) is 5.32 Å². The summed E-state index contributed by atoms with van der Waals surface area (Å²) in [6.07, 6.45) is -11.2. The van der Waals surface area contributed by atoms with E-state index in [0.717, 1.165) is 19.2 Å². The smallest absolute Gasteiger partial charge is 0.346 e. The van der Waals surface area contributed by atoms with Crippen LogP contribution in [0.5, 0.6) is 0 Å². The van der Waals surface area contributed by atoms with E-state index in [1.807, 2.05) is 0 Å². The van der Waals surface area contributed by atoms with Gasteiger partial charge < -0.3 is 4.84 Å². The van der Waals surface area contributed by atoms with E-state index in [4.69, 9.17) is 23.2 Å². The third kappa shape index (κ3) is 5.26. The molecule has 0 aliphatic carbocycles. The van der Waals surface area contributed by atoms with Crippen LogP contribution in [-0.4, -0.2) is 34.3 Å². The Hall–Kier alpha value is -1.95. The summed E-state index contributed by atoms with van der Waals surface area (Å²) in [4.78, 5) is 18.6. The van der Waals surface area contributed by atoms with Crippen molar-refractivity contribution in [3.8, 4) is 0 Å². The number of nitrogens with one attached hydrogen (secondary N) is 2. The van der Waals surface area contributed by atoms with Gasteiger partial charge in [0, 0.05) is 6.20 Å². The Bertz CT molecular complexity index is 629. The van der Waals surface area contributed by atoms with Crippen molar-refractivity contribution in [2.24, 2.45) is 5.16 Å². The summed E-state index contributed by atoms with van der Waals surface area (Å²) in [7, 11) is 0. The molecule has 6 nitrogen and oxygen atoms in total. The van der Waals surface area contributed by atoms with E-state index in [1.165, 1.54) is 6.07 Å². The molecule has 25 heavy (non-hydrogen) atoms. The number of halogens is 8. The molecule has 14 heteroatoms. The van der Waals surface area contributed by atoms with Crippen LogP contribution in [0.1, 0.15) is 6.92 Å². The van der Waals surface area contributed by atoms with Gasteiger partial charge in [-0.15, -0.1) is 0 Å². The minimum Gasteiger partial charge on any atom is -0.346 e. The maximum Gasteiger partial charge on any atom is 0.461 e. The van der Waals surface area contributed by atoms with E-state index < -0.39 is 29.3 Å². The standard InChI is InChI=1S/C11H8Cl2F6N4O2/c1-5(12)23-25-9(10(14,15)16,11(17,18)19)22-8(24)21-7-3-2-6(13)4-20-7/h2-4H,1H3,(H2,20,21,22,24)/b23-5+. The van der Waals surface area contributed by atoms with E-state index in [-0.39, 0.29) is 10.8 Å². The third-order valence-corrected chi connectivity index (χ3v) is 2.66. The number of urea groups is 1. The first-order valence-corrected chi connectivity index (χ1v) is 6.76. The highest BCUT2D eigenvalue weighted by molar-refractivity contribution is 6.64. The number of carbonyl (C=O) groups is 1. The molecule has 0 aromatic carbocycles. The van der Waals surface area contributed by atoms with Gasteiger partial charge in [-0.1, -0.05) is 28.4 Å². The maximum atomic E-state index is 13.0. The molecule has 0 aliphatic rings. The predicted molar refractivity (Wildman–Crippen MR) is 76.3 cm³/mol. The van der Waals surface area contributed by atoms with Crippen molar-refractivity contribution in [2.75, 3.05) is 5.32 Å². The quantitative estimate of drug-likeness (QED) is 0.335. The summed E-state index contributed by atoms with van der Waals surface area (Å²) in [6.45, 7) is 0.872. The first-order chi connectivity index (χ1) is 11.3. The van der Waals surface area contributed by atoms with Crippen LogP contribution in [-0.2, 0) is 4.84 Å². The van der Waals surface area contributed by atoms with Crippen molar-refractivity contribution in [3.63, 3.8) is 0 Å². The number of nitrogens with zero attached hydrogens (tertiary/aromatic N) is 2. The first kappa shape index (κ1) is 21.1. The molecule has 2 amide bonds. The van der Waals surface area contributed by atoms with Crippen molar-refractivity contribution in [1.29, 1.82) is 0 Å². The van der Waals surface area contributed by atoms with Crippen LogP contribution >= 0.6 is 23.2 Å². The van der Waals surface area contributed by atoms with Gasteiger partial charge in [0.2, 0.25) is 0 Å². The molecule has 0 radical (unpaired) electrons. The third-order valence-electron chi connectivity index (χ3n) is 2.37. The summed E-state index contributed by atoms with van der Waals surface area (Å²) in [5, 5.41) is 4.17. The molecule has 140 valence electrons. The topological polar surface area (TPSA) is 75.6 Å². The summed E-state index contributed by atoms with van der Waals surface area (Å²) in [5.41, 5.74) is -5.13. The first-order valence-electron chi connectivity index (χ1n) is 6.01. The van der Waals surface area contributed by atoms with Crippen molar-refractivity contribution in [3.05, 3.63) is 23.4 Å². The van der Waals surface area contributed by atoms with E-state index in [1.54, 1.807) is 5.32 Å². The summed E-state index contributed by atoms with van der Waals surface area (Å²) in [6, 6.07) is 0.335. The highest BCUT2D eigenvalue weighted by Crippen LogP contribution is 2.44. The fourth-order valence-corrected chi connectivity index (χ4v) is 1.46. The Morgan fingerprint density at radius 1 is 1.20 bits per heavy atom. The van der Waals surface area contributed by atoms with Crippen LogP contribution in [0.3, 0.4) is 0 Å². The number of amides is 2. The van der Waals surface area contributed by atoms with Gasteiger partial charge in [0.15, 0.2) is 0 Å². The van der Waals surface area contributed by atoms with Gasteiger partial charge in [-0.25, -0.2) is 9.78 Å². The Labute approximate surface area is 146 Å². The normalized spacial score (nSPS) is 13.4. The number of pyridine rings is 1. The lowest BCUT2D eigenvalue weighted by atomic mass is 10.2. The Morgan fingerprint density at radius 2 is 1.76 bits per heavy atom. The van der Waals surface area contributed by atoms with Crippen LogP contribution in [0.4, 0.5) is 37.0 Å². The monoisotopic (exact) mass is 412 g/mol. The van der Waals surface area contributed by atoms with E-state index in [2.05, 4.69) is 15.0 Å². The largest absolute Gasteiger partial charge is 0.461 e. The average Bonchev–Trinajstić information content (AvgIpc) is 2.43. The maximum absolute atomic E-state index is 13.0. The second-order valence-corrected chi connectivity index (χ2v) is 5.28. The Kier molecular flexibility index (Phi) is 6.34. The SMILES string of the molecule is C/C(Cl)=N\OC(NC(=O)Nc1ccc(Cl)cn1)(C(F)(F)F)C(F)(F)F. The average molecular weight is 413 g/mol. The number of hydrogen-bond acceptors (Lipinski definition) is 4. The highest BCUT2D eigenvalue weighted by atomic mass is 35.5. The second kappa shape index (κ2) is 7.52. The Balaban J connectivity index is 3.16. The lowest BCUT2D eigenvalue weighted by Crippen LogP contribution is -2.69. The van der Waals surface area contributed by atoms with Gasteiger partial charge in [0.1, 0.15) is 11.0 Å². The molecule has 0 spiro atoms. The molecule has 0 aliphatic heterocycles. The summed E-state index contributed by atoms with van der Waals surface area (Å²) in [5.74, 6) is -0.364. The number of anilines is 1. The van der Waals surface area contributed by atoms with Crippen LogP contribution in [0, 0.1) is 0 Å². The van der Waals surface area contributed by atoms with E-state index >= 15 is 0 Å². The number of oxime groups is 1. The zero-order valence-corrected chi connectivity index (χ0v) is 13.5. The molecule has 2 N–H and O–H groups in total. The lowest BCUT2D eigenvalue weighted by Gasteiger charge is -2.34. The zero-order chi connectivity index (χ0) is 19.5. The molecule has 1 rings (SSSR count). The molecule has 0 saturated carbocycles. The fraction of sp³-hybridized carbons (Fsp3) is 0.364. The molecule has 0 unspecified atom stereocenters. The van der Waals surface area contributed by atoms with E-state index in [9.17, 15) is 31.1 Å². The van der Waals surface area contributed by atoms with Gasteiger partial charge >= 0.3 is 24.1 Å². The van der Waals surface area contributed by atoms with Gasteiger partial charge in [-0.3, -0.25) is 10.6 Å². The Morgan fingerprint density at radius 3 is 2.16 bits per heavy atom. The number of rotatable bonds is 4. The lowest BCUT2D eigenvalue weighted by molar-refractivity contribution is -0.388. The number of aromatic nitrogens is 1. The van der Waals surface area contributed by atoms with Crippen LogP contribution in [0.15, 0.2) is 23.5 Å². The number of hydrogen-bond donors (Lipinski definition) is 2. The summed E-state index contributed by atoms with van der Waals surface area (Å²) >= 11 is 10.6. The molecule has 0 atom stereocenters. The van der Waals surface area contributed by atoms with Crippen molar-refractivity contribution in [2.45, 2.75) is 25.0 Å². The molecule has 0 saturated heterocycles. The fourth-order valence-electron chi connectivity index (χ4n) is 1.32. The molecule has 1 aromatic rings. The molecule has 1 heterocycles. The van der Waals surface area contributed by atoms with Crippen molar-refractivity contribution >= 4 is 40.2 Å². The minimum atomic E-state index is -6.12. The second-order valence-electron chi connectivity index (χ2n) is 4.30. The minimum absolute atomic E-state index is 0.126. The van der Waals surface area contributed by atoms with Crippen LogP contribution in [0.25, 0.3) is 0 Å². The molecule has 1 aromatic heterocycles. The van der Waals surface area contributed by atoms with Crippen molar-refractivity contribution in [1.82, 2.24) is 10.3 Å². The molecule has 0 fully saturated rings. The van der Waals surface area contributed by atoms with Crippen LogP contribution in [0.2, 0.25) is 5.02 Å². The highest BCUT2D eigenvalue weighted by Gasteiger charge is 2.76. The van der Waals surface area contributed by atoms with Gasteiger partial charge in [0.05, 0.1) is 5.02 Å². The van der Waals surface area contributed by atoms with Crippen molar-refractivity contribution < 1.29 is 36.0 Å². The molecular weight excluding hydrogens is 405 g/mol. The summed E-state index contributed by atoms with van der Waals surface area (Å²) < 4.78 is 78.2. The molecular formula is C11H8Cl2F6N4O2.